The van der Waals surface area contributed by atoms with Crippen molar-refractivity contribution in [2.24, 2.45) is 0 Å². The molecule has 0 bridgehead atoms. The highest BCUT2D eigenvalue weighted by Gasteiger charge is 2.21. The van der Waals surface area contributed by atoms with Crippen LogP contribution in [0.25, 0.3) is 0 Å². The fourth-order valence-corrected chi connectivity index (χ4v) is 7.20. The van der Waals surface area contributed by atoms with E-state index in [1.807, 2.05) is 121 Å². The zero-order valence-corrected chi connectivity index (χ0v) is 21.6. The lowest BCUT2D eigenvalue weighted by Crippen LogP contribution is -2.16. The summed E-state index contributed by atoms with van der Waals surface area (Å²) in [6, 6.07) is 44.8. The fourth-order valence-electron chi connectivity index (χ4n) is 3.77. The standard InChI is InChI=1S/C31H24O4P2/c32-31(33)24-21-25(34-36(27-13-5-1-6-14-27)28-15-7-2-8-16-28)23-26(22-24)35-37(29-17-9-3-10-18-29)30-19-11-4-12-20-30/h1-23H,(H,32,33). The van der Waals surface area contributed by atoms with Gasteiger partial charge in [-0.05, 0) is 12.1 Å². The van der Waals surface area contributed by atoms with E-state index in [-0.39, 0.29) is 5.56 Å². The van der Waals surface area contributed by atoms with Crippen molar-refractivity contribution in [3.05, 3.63) is 145 Å². The van der Waals surface area contributed by atoms with Gasteiger partial charge in [-0.1, -0.05) is 121 Å². The number of carbonyl (C=O) groups is 1. The molecule has 0 saturated carbocycles. The lowest BCUT2D eigenvalue weighted by Gasteiger charge is -2.22. The van der Waals surface area contributed by atoms with Gasteiger partial charge >= 0.3 is 5.97 Å². The van der Waals surface area contributed by atoms with Crippen LogP contribution in [0.4, 0.5) is 0 Å². The largest absolute Gasteiger partial charge is 0.478 e. The monoisotopic (exact) mass is 522 g/mol. The first-order valence-electron chi connectivity index (χ1n) is 11.7. The number of carboxylic acid groups (broad SMARTS) is 1. The molecule has 0 saturated heterocycles. The highest BCUT2D eigenvalue weighted by atomic mass is 31.1. The first-order chi connectivity index (χ1) is 18.2. The number of benzene rings is 5. The summed E-state index contributed by atoms with van der Waals surface area (Å²) in [6.07, 6.45) is 0. The summed E-state index contributed by atoms with van der Waals surface area (Å²) in [4.78, 5) is 12.1. The van der Waals surface area contributed by atoms with Crippen molar-refractivity contribution < 1.29 is 18.9 Å². The van der Waals surface area contributed by atoms with Crippen molar-refractivity contribution in [1.82, 2.24) is 0 Å². The third kappa shape index (κ3) is 6.24. The van der Waals surface area contributed by atoms with Crippen LogP contribution in [0, 0.1) is 0 Å². The van der Waals surface area contributed by atoms with Gasteiger partial charge in [0, 0.05) is 27.3 Å². The number of hydrogen-bond donors (Lipinski definition) is 1. The smallest absolute Gasteiger partial charge is 0.335 e. The Morgan fingerprint density at radius 1 is 0.486 bits per heavy atom. The number of aromatic carboxylic acids is 1. The molecule has 0 unspecified atom stereocenters. The Balaban J connectivity index is 1.53. The second-order valence-corrected chi connectivity index (χ2v) is 11.7. The molecule has 37 heavy (non-hydrogen) atoms. The molecule has 5 rings (SSSR count). The third-order valence-electron chi connectivity index (χ3n) is 5.48. The van der Waals surface area contributed by atoms with Crippen molar-refractivity contribution in [2.45, 2.75) is 0 Å². The lowest BCUT2D eigenvalue weighted by molar-refractivity contribution is 0.0696. The number of hydrogen-bond acceptors (Lipinski definition) is 3. The van der Waals surface area contributed by atoms with Gasteiger partial charge in [-0.25, -0.2) is 4.79 Å². The van der Waals surface area contributed by atoms with E-state index in [0.29, 0.717) is 11.5 Å². The van der Waals surface area contributed by atoms with Gasteiger partial charge in [0.15, 0.2) is 16.3 Å². The molecule has 0 spiro atoms. The quantitative estimate of drug-likeness (QED) is 0.233. The molecular formula is C31H24O4P2. The van der Waals surface area contributed by atoms with Gasteiger partial charge in [0.25, 0.3) is 0 Å². The fraction of sp³-hybridized carbons (Fsp3) is 0. The molecule has 0 atom stereocenters. The molecule has 0 radical (unpaired) electrons. The predicted octanol–water partition coefficient (Wildman–Crippen LogP) is 6.24. The van der Waals surface area contributed by atoms with E-state index in [9.17, 15) is 9.90 Å². The average Bonchev–Trinajstić information content (AvgIpc) is 2.96. The summed E-state index contributed by atoms with van der Waals surface area (Å²) in [5, 5.41) is 14.0. The molecule has 1 N–H and O–H groups in total. The van der Waals surface area contributed by atoms with Gasteiger partial charge < -0.3 is 14.2 Å². The minimum absolute atomic E-state index is 0.111. The molecule has 4 nitrogen and oxygen atoms in total. The summed E-state index contributed by atoms with van der Waals surface area (Å²) >= 11 is 0. The molecule has 0 aliphatic rings. The normalized spacial score (nSPS) is 10.9. The maximum absolute atomic E-state index is 12.1. The van der Waals surface area contributed by atoms with Gasteiger partial charge in [-0.2, -0.15) is 0 Å². The van der Waals surface area contributed by atoms with Crippen LogP contribution in [0.1, 0.15) is 10.4 Å². The Kier molecular flexibility index (Phi) is 7.91. The van der Waals surface area contributed by atoms with E-state index in [0.717, 1.165) is 21.2 Å². The van der Waals surface area contributed by atoms with Crippen molar-refractivity contribution in [3.63, 3.8) is 0 Å². The first kappa shape index (κ1) is 24.7. The zero-order chi connectivity index (χ0) is 25.5. The van der Waals surface area contributed by atoms with E-state index in [2.05, 4.69) is 0 Å². The molecule has 5 aromatic rings. The SMILES string of the molecule is O=C(O)c1cc(OP(c2ccccc2)c2ccccc2)cc(OP(c2ccccc2)c2ccccc2)c1. The lowest BCUT2D eigenvalue weighted by atomic mass is 10.2. The highest BCUT2D eigenvalue weighted by Crippen LogP contribution is 2.42. The molecule has 0 aliphatic heterocycles. The van der Waals surface area contributed by atoms with Crippen LogP contribution in [0.3, 0.4) is 0 Å². The van der Waals surface area contributed by atoms with Gasteiger partial charge in [-0.3, -0.25) is 0 Å². The third-order valence-corrected chi connectivity index (χ3v) is 9.34. The second-order valence-electron chi connectivity index (χ2n) is 8.11. The number of carboxylic acids is 1. The van der Waals surface area contributed by atoms with Crippen LogP contribution in [0.15, 0.2) is 140 Å². The molecule has 0 heterocycles. The van der Waals surface area contributed by atoms with Crippen LogP contribution < -0.4 is 30.3 Å². The Bertz CT molecular complexity index is 1260. The predicted molar refractivity (Wildman–Crippen MR) is 153 cm³/mol. The summed E-state index contributed by atoms with van der Waals surface area (Å²) in [6.45, 7) is 0. The Morgan fingerprint density at radius 3 is 1.05 bits per heavy atom. The van der Waals surface area contributed by atoms with E-state index in [1.165, 1.54) is 0 Å². The van der Waals surface area contributed by atoms with Crippen molar-refractivity contribution in [3.8, 4) is 11.5 Å². The molecule has 5 aromatic carbocycles. The van der Waals surface area contributed by atoms with E-state index in [4.69, 9.17) is 9.05 Å². The summed E-state index contributed by atoms with van der Waals surface area (Å²) in [7, 11) is -2.44. The van der Waals surface area contributed by atoms with Crippen LogP contribution in [-0.4, -0.2) is 11.1 Å². The summed E-state index contributed by atoms with van der Waals surface area (Å²) < 4.78 is 13.1. The van der Waals surface area contributed by atoms with Crippen LogP contribution in [0.5, 0.6) is 11.5 Å². The Labute approximate surface area is 218 Å². The Hall–Kier alpha value is -3.97. The second kappa shape index (κ2) is 11.8. The average molecular weight is 522 g/mol. The minimum atomic E-state index is -1.22. The minimum Gasteiger partial charge on any atom is -0.478 e. The molecule has 182 valence electrons. The van der Waals surface area contributed by atoms with E-state index >= 15 is 0 Å². The summed E-state index contributed by atoms with van der Waals surface area (Å²) in [5.74, 6) is -0.141. The molecular weight excluding hydrogens is 498 g/mol. The highest BCUT2D eigenvalue weighted by molar-refractivity contribution is 7.69. The van der Waals surface area contributed by atoms with Crippen molar-refractivity contribution in [1.29, 1.82) is 0 Å². The molecule has 0 aliphatic carbocycles. The summed E-state index contributed by atoms with van der Waals surface area (Å²) in [5.41, 5.74) is 0.111. The van der Waals surface area contributed by atoms with Gasteiger partial charge in [0.05, 0.1) is 5.56 Å². The number of rotatable bonds is 9. The van der Waals surface area contributed by atoms with Gasteiger partial charge in [0.2, 0.25) is 0 Å². The van der Waals surface area contributed by atoms with Gasteiger partial charge in [-0.15, -0.1) is 0 Å². The van der Waals surface area contributed by atoms with E-state index < -0.39 is 22.3 Å². The van der Waals surface area contributed by atoms with Crippen LogP contribution >= 0.6 is 16.3 Å². The van der Waals surface area contributed by atoms with Crippen LogP contribution in [-0.2, 0) is 0 Å². The van der Waals surface area contributed by atoms with Crippen LogP contribution in [0.2, 0.25) is 0 Å². The van der Waals surface area contributed by atoms with Gasteiger partial charge in [0.1, 0.15) is 11.5 Å². The zero-order valence-electron chi connectivity index (χ0n) is 19.8. The molecule has 0 fully saturated rings. The topological polar surface area (TPSA) is 55.8 Å². The van der Waals surface area contributed by atoms with Crippen molar-refractivity contribution in [2.75, 3.05) is 0 Å². The Morgan fingerprint density at radius 2 is 0.784 bits per heavy atom. The maximum Gasteiger partial charge on any atom is 0.335 e. The molecule has 0 amide bonds. The van der Waals surface area contributed by atoms with Crippen molar-refractivity contribution >= 4 is 43.5 Å². The molecule has 6 heteroatoms. The first-order valence-corrected chi connectivity index (χ1v) is 14.2. The van der Waals surface area contributed by atoms with E-state index in [1.54, 1.807) is 18.2 Å². The maximum atomic E-state index is 12.1. The molecule has 0 aromatic heterocycles.